The summed E-state index contributed by atoms with van der Waals surface area (Å²) in [5.41, 5.74) is 2.36. The number of hydrogen-bond acceptors (Lipinski definition) is 4. The molecule has 0 aliphatic heterocycles. The first-order valence-corrected chi connectivity index (χ1v) is 8.37. The maximum atomic E-state index is 12.3. The number of anilines is 1. The minimum atomic E-state index is -0.328. The maximum absolute atomic E-state index is 12.3. The van der Waals surface area contributed by atoms with Gasteiger partial charge in [0.15, 0.2) is 5.76 Å². The number of esters is 1. The van der Waals surface area contributed by atoms with Crippen molar-refractivity contribution >= 4 is 17.6 Å². The quantitative estimate of drug-likeness (QED) is 0.674. The second-order valence-corrected chi connectivity index (χ2v) is 5.66. The summed E-state index contributed by atoms with van der Waals surface area (Å²) < 4.78 is 10.5. The van der Waals surface area contributed by atoms with Gasteiger partial charge in [0.05, 0.1) is 13.0 Å². The summed E-state index contributed by atoms with van der Waals surface area (Å²) in [7, 11) is 0. The van der Waals surface area contributed by atoms with Crippen LogP contribution in [0, 0.1) is 0 Å². The van der Waals surface area contributed by atoms with Crippen LogP contribution in [0.1, 0.15) is 23.0 Å². The van der Waals surface area contributed by atoms with Crippen molar-refractivity contribution in [1.82, 2.24) is 0 Å². The zero-order valence-electron chi connectivity index (χ0n) is 14.4. The molecular weight excluding hydrogens is 330 g/mol. The fourth-order valence-corrected chi connectivity index (χ4v) is 2.49. The number of carbonyl (C=O) groups is 2. The Bertz CT molecular complexity index is 882. The molecule has 3 rings (SSSR count). The summed E-state index contributed by atoms with van der Waals surface area (Å²) in [6.07, 6.45) is 0.209. The number of ether oxygens (including phenoxy) is 1. The van der Waals surface area contributed by atoms with Crippen LogP contribution < -0.4 is 5.32 Å². The van der Waals surface area contributed by atoms with E-state index in [1.807, 2.05) is 30.3 Å². The van der Waals surface area contributed by atoms with Gasteiger partial charge in [-0.2, -0.15) is 0 Å². The molecule has 0 saturated carbocycles. The number of rotatable bonds is 6. The third-order valence-electron chi connectivity index (χ3n) is 3.75. The minimum absolute atomic E-state index is 0.209. The van der Waals surface area contributed by atoms with Gasteiger partial charge in [-0.25, -0.2) is 0 Å². The van der Waals surface area contributed by atoms with Crippen molar-refractivity contribution in [1.29, 1.82) is 0 Å². The van der Waals surface area contributed by atoms with Gasteiger partial charge in [-0.15, -0.1) is 0 Å². The van der Waals surface area contributed by atoms with Crippen molar-refractivity contribution in [3.8, 4) is 11.3 Å². The normalized spacial score (nSPS) is 10.3. The van der Waals surface area contributed by atoms with Crippen LogP contribution in [0.15, 0.2) is 71.1 Å². The van der Waals surface area contributed by atoms with Gasteiger partial charge < -0.3 is 14.5 Å². The van der Waals surface area contributed by atoms with Crippen LogP contribution in [-0.2, 0) is 16.0 Å². The molecule has 0 spiro atoms. The average Bonchev–Trinajstić information content (AvgIpc) is 3.15. The molecule has 5 nitrogen and oxygen atoms in total. The summed E-state index contributed by atoms with van der Waals surface area (Å²) in [5.74, 6) is 0.277. The van der Waals surface area contributed by atoms with Crippen molar-refractivity contribution in [2.45, 2.75) is 13.3 Å². The Morgan fingerprint density at radius 3 is 2.38 bits per heavy atom. The minimum Gasteiger partial charge on any atom is -0.466 e. The van der Waals surface area contributed by atoms with Gasteiger partial charge in [-0.3, -0.25) is 9.59 Å². The van der Waals surface area contributed by atoms with Gasteiger partial charge >= 0.3 is 5.97 Å². The van der Waals surface area contributed by atoms with Crippen molar-refractivity contribution in [3.05, 3.63) is 78.1 Å². The van der Waals surface area contributed by atoms with Crippen LogP contribution in [0.2, 0.25) is 0 Å². The van der Waals surface area contributed by atoms with Crippen LogP contribution in [0.4, 0.5) is 5.69 Å². The maximum Gasteiger partial charge on any atom is 0.310 e. The Labute approximate surface area is 151 Å². The van der Waals surface area contributed by atoms with Gasteiger partial charge in [0.25, 0.3) is 5.91 Å². The van der Waals surface area contributed by atoms with E-state index in [2.05, 4.69) is 5.32 Å². The van der Waals surface area contributed by atoms with Gasteiger partial charge in [0.1, 0.15) is 5.76 Å². The number of carbonyl (C=O) groups excluding carboxylic acids is 2. The van der Waals surface area contributed by atoms with Gasteiger partial charge in [0.2, 0.25) is 0 Å². The van der Waals surface area contributed by atoms with E-state index in [9.17, 15) is 9.59 Å². The number of amides is 1. The molecule has 1 amide bonds. The van der Waals surface area contributed by atoms with Gasteiger partial charge in [-0.1, -0.05) is 42.5 Å². The van der Waals surface area contributed by atoms with Crippen LogP contribution in [0.25, 0.3) is 11.3 Å². The fraction of sp³-hybridized carbons (Fsp3) is 0.143. The molecule has 1 N–H and O–H groups in total. The molecule has 1 heterocycles. The molecule has 0 saturated heterocycles. The summed E-state index contributed by atoms with van der Waals surface area (Å²) in [4.78, 5) is 23.8. The highest BCUT2D eigenvalue weighted by molar-refractivity contribution is 6.02. The molecule has 0 aliphatic rings. The smallest absolute Gasteiger partial charge is 0.310 e. The second kappa shape index (κ2) is 8.16. The highest BCUT2D eigenvalue weighted by Crippen LogP contribution is 2.22. The third kappa shape index (κ3) is 4.39. The molecule has 1 aromatic heterocycles. The zero-order chi connectivity index (χ0) is 18.4. The van der Waals surface area contributed by atoms with E-state index in [-0.39, 0.29) is 24.1 Å². The van der Waals surface area contributed by atoms with Crippen LogP contribution in [0.3, 0.4) is 0 Å². The number of hydrogen-bond donors (Lipinski definition) is 1. The van der Waals surface area contributed by atoms with Crippen molar-refractivity contribution in [2.24, 2.45) is 0 Å². The lowest BCUT2D eigenvalue weighted by Gasteiger charge is -2.05. The SMILES string of the molecule is CCOC(=O)Cc1ccc(NC(=O)c2ccc(-c3ccccc3)o2)cc1. The Balaban J connectivity index is 1.63. The lowest BCUT2D eigenvalue weighted by Crippen LogP contribution is -2.11. The van der Waals surface area contributed by atoms with Crippen LogP contribution in [0.5, 0.6) is 0 Å². The third-order valence-corrected chi connectivity index (χ3v) is 3.75. The molecule has 0 aliphatic carbocycles. The molecule has 0 fully saturated rings. The standard InChI is InChI=1S/C21H19NO4/c1-2-25-20(23)14-15-8-10-17(11-9-15)22-21(24)19-13-12-18(26-19)16-6-4-3-5-7-16/h3-13H,2,14H2,1H3,(H,22,24). The Hall–Kier alpha value is -3.34. The summed E-state index contributed by atoms with van der Waals surface area (Å²) in [6, 6.07) is 20.1. The molecular formula is C21H19NO4. The van der Waals surface area contributed by atoms with E-state index in [0.717, 1.165) is 11.1 Å². The highest BCUT2D eigenvalue weighted by atomic mass is 16.5. The molecule has 0 radical (unpaired) electrons. The molecule has 0 bridgehead atoms. The van der Waals surface area contributed by atoms with Gasteiger partial charge in [0, 0.05) is 11.3 Å². The number of furan rings is 1. The molecule has 5 heteroatoms. The van der Waals surface area contributed by atoms with Gasteiger partial charge in [-0.05, 0) is 36.8 Å². The molecule has 2 aromatic carbocycles. The van der Waals surface area contributed by atoms with E-state index >= 15 is 0 Å². The van der Waals surface area contributed by atoms with Crippen molar-refractivity contribution in [2.75, 3.05) is 11.9 Å². The summed E-state index contributed by atoms with van der Waals surface area (Å²) in [5, 5.41) is 2.78. The van der Waals surface area contributed by atoms with E-state index in [1.165, 1.54) is 0 Å². The monoisotopic (exact) mass is 349 g/mol. The second-order valence-electron chi connectivity index (χ2n) is 5.66. The first kappa shape index (κ1) is 17.5. The molecule has 0 unspecified atom stereocenters. The lowest BCUT2D eigenvalue weighted by molar-refractivity contribution is -0.142. The van der Waals surface area contributed by atoms with E-state index < -0.39 is 0 Å². The molecule has 132 valence electrons. The number of benzene rings is 2. The fourth-order valence-electron chi connectivity index (χ4n) is 2.49. The van der Waals surface area contributed by atoms with E-state index in [4.69, 9.17) is 9.15 Å². The Kier molecular flexibility index (Phi) is 5.49. The predicted molar refractivity (Wildman–Crippen MR) is 98.9 cm³/mol. The topological polar surface area (TPSA) is 68.5 Å². The number of nitrogens with one attached hydrogen (secondary N) is 1. The van der Waals surface area contributed by atoms with Crippen LogP contribution in [-0.4, -0.2) is 18.5 Å². The molecule has 3 aromatic rings. The van der Waals surface area contributed by atoms with Crippen molar-refractivity contribution < 1.29 is 18.7 Å². The van der Waals surface area contributed by atoms with E-state index in [0.29, 0.717) is 18.1 Å². The summed E-state index contributed by atoms with van der Waals surface area (Å²) in [6.45, 7) is 2.13. The van der Waals surface area contributed by atoms with Crippen LogP contribution >= 0.6 is 0 Å². The Morgan fingerprint density at radius 2 is 1.69 bits per heavy atom. The van der Waals surface area contributed by atoms with Crippen molar-refractivity contribution in [3.63, 3.8) is 0 Å². The highest BCUT2D eigenvalue weighted by Gasteiger charge is 2.12. The lowest BCUT2D eigenvalue weighted by atomic mass is 10.1. The zero-order valence-corrected chi connectivity index (χ0v) is 14.4. The largest absolute Gasteiger partial charge is 0.466 e. The first-order valence-electron chi connectivity index (χ1n) is 8.37. The Morgan fingerprint density at radius 1 is 0.962 bits per heavy atom. The van der Waals surface area contributed by atoms with E-state index in [1.54, 1.807) is 43.3 Å². The molecule has 0 atom stereocenters. The summed E-state index contributed by atoms with van der Waals surface area (Å²) >= 11 is 0. The average molecular weight is 349 g/mol. The predicted octanol–water partition coefficient (Wildman–Crippen LogP) is 4.30. The first-order chi connectivity index (χ1) is 12.7. The molecule has 26 heavy (non-hydrogen) atoms.